The van der Waals surface area contributed by atoms with E-state index in [9.17, 15) is 4.79 Å². The zero-order valence-electron chi connectivity index (χ0n) is 11.4. The molecule has 1 saturated heterocycles. The second-order valence-corrected chi connectivity index (χ2v) is 5.43. The molecule has 104 valence electrons. The minimum absolute atomic E-state index is 0.0186. The number of piperidine rings is 1. The van der Waals surface area contributed by atoms with Gasteiger partial charge in [-0.1, -0.05) is 24.1 Å². The van der Waals surface area contributed by atoms with Crippen molar-refractivity contribution in [2.75, 3.05) is 30.9 Å². The molecule has 0 radical (unpaired) electrons. The Labute approximate surface area is 119 Å². The maximum absolute atomic E-state index is 12.2. The second-order valence-electron chi connectivity index (χ2n) is 5.02. The number of halogens is 1. The van der Waals surface area contributed by atoms with Crippen LogP contribution in [-0.2, 0) is 4.79 Å². The summed E-state index contributed by atoms with van der Waals surface area (Å²) in [4.78, 5) is 14.1. The minimum atomic E-state index is -0.0947. The first-order chi connectivity index (χ1) is 9.09. The summed E-state index contributed by atoms with van der Waals surface area (Å²) >= 11 is 6.19. The zero-order chi connectivity index (χ0) is 13.8. The number of para-hydroxylation sites is 1. The summed E-state index contributed by atoms with van der Waals surface area (Å²) in [6, 6.07) is 5.45. The Balaban J connectivity index is 2.14. The largest absolute Gasteiger partial charge is 0.375 e. The summed E-state index contributed by atoms with van der Waals surface area (Å²) in [6.07, 6.45) is 3.13. The first-order valence-electron chi connectivity index (χ1n) is 6.59. The van der Waals surface area contributed by atoms with Gasteiger partial charge in [-0.25, -0.2) is 0 Å². The standard InChI is InChI=1S/C14H20ClN3O/c1-18(2)13-10(15)6-5-8-11(13)17-14(19)12-7-3-4-9-16-12/h5-6,8,12,16H,3-4,7,9H2,1-2H3,(H,17,19). The summed E-state index contributed by atoms with van der Waals surface area (Å²) in [5.74, 6) is 0.0186. The Morgan fingerprint density at radius 2 is 2.21 bits per heavy atom. The minimum Gasteiger partial charge on any atom is -0.375 e. The molecule has 1 aromatic rings. The molecule has 1 heterocycles. The van der Waals surface area contributed by atoms with Crippen molar-refractivity contribution in [1.29, 1.82) is 0 Å². The lowest BCUT2D eigenvalue weighted by molar-refractivity contribution is -0.118. The van der Waals surface area contributed by atoms with E-state index in [0.717, 1.165) is 37.2 Å². The Morgan fingerprint density at radius 1 is 1.42 bits per heavy atom. The molecule has 2 N–H and O–H groups in total. The molecule has 1 amide bonds. The van der Waals surface area contributed by atoms with Gasteiger partial charge in [0.2, 0.25) is 5.91 Å². The van der Waals surface area contributed by atoms with Crippen LogP contribution >= 0.6 is 11.6 Å². The molecular formula is C14H20ClN3O. The smallest absolute Gasteiger partial charge is 0.241 e. The maximum atomic E-state index is 12.2. The molecule has 5 heteroatoms. The second kappa shape index (κ2) is 6.26. The number of rotatable bonds is 3. The third kappa shape index (κ3) is 3.39. The van der Waals surface area contributed by atoms with E-state index >= 15 is 0 Å². The predicted molar refractivity (Wildman–Crippen MR) is 80.1 cm³/mol. The topological polar surface area (TPSA) is 44.4 Å². The number of nitrogens with one attached hydrogen (secondary N) is 2. The van der Waals surface area contributed by atoms with Gasteiger partial charge in [0.05, 0.1) is 22.4 Å². The van der Waals surface area contributed by atoms with E-state index < -0.39 is 0 Å². The lowest BCUT2D eigenvalue weighted by Gasteiger charge is -2.24. The van der Waals surface area contributed by atoms with Gasteiger partial charge in [-0.2, -0.15) is 0 Å². The van der Waals surface area contributed by atoms with E-state index in [4.69, 9.17) is 11.6 Å². The van der Waals surface area contributed by atoms with Crippen LogP contribution in [-0.4, -0.2) is 32.6 Å². The van der Waals surface area contributed by atoms with E-state index in [0.29, 0.717) is 5.02 Å². The van der Waals surface area contributed by atoms with Crippen LogP contribution < -0.4 is 15.5 Å². The molecule has 2 rings (SSSR count). The Bertz CT molecular complexity index is 456. The van der Waals surface area contributed by atoms with Gasteiger partial charge < -0.3 is 15.5 Å². The number of hydrogen-bond acceptors (Lipinski definition) is 3. The molecule has 1 aliphatic rings. The highest BCUT2D eigenvalue weighted by molar-refractivity contribution is 6.34. The average molecular weight is 282 g/mol. The molecule has 0 bridgehead atoms. The van der Waals surface area contributed by atoms with Crippen molar-refractivity contribution in [3.05, 3.63) is 23.2 Å². The molecule has 1 unspecified atom stereocenters. The lowest BCUT2D eigenvalue weighted by Crippen LogP contribution is -2.43. The molecular weight excluding hydrogens is 262 g/mol. The summed E-state index contributed by atoms with van der Waals surface area (Å²) < 4.78 is 0. The molecule has 4 nitrogen and oxygen atoms in total. The van der Waals surface area contributed by atoms with E-state index in [2.05, 4.69) is 10.6 Å². The van der Waals surface area contributed by atoms with Gasteiger partial charge in [0, 0.05) is 14.1 Å². The van der Waals surface area contributed by atoms with Crippen LogP contribution in [0.25, 0.3) is 0 Å². The number of carbonyl (C=O) groups is 1. The van der Waals surface area contributed by atoms with Crippen molar-refractivity contribution in [2.45, 2.75) is 25.3 Å². The van der Waals surface area contributed by atoms with Crippen LogP contribution in [0.2, 0.25) is 5.02 Å². The zero-order valence-corrected chi connectivity index (χ0v) is 12.1. The van der Waals surface area contributed by atoms with Gasteiger partial charge in [-0.15, -0.1) is 0 Å². The van der Waals surface area contributed by atoms with Crippen molar-refractivity contribution in [3.8, 4) is 0 Å². The third-order valence-electron chi connectivity index (χ3n) is 3.32. The highest BCUT2D eigenvalue weighted by atomic mass is 35.5. The molecule has 0 aliphatic carbocycles. The van der Waals surface area contributed by atoms with Crippen molar-refractivity contribution >= 4 is 28.9 Å². The SMILES string of the molecule is CN(C)c1c(Cl)cccc1NC(=O)C1CCCCN1. The summed E-state index contributed by atoms with van der Waals surface area (Å²) in [6.45, 7) is 0.911. The van der Waals surface area contributed by atoms with E-state index in [1.165, 1.54) is 0 Å². The first kappa shape index (κ1) is 14.2. The molecule has 1 aromatic carbocycles. The molecule has 0 spiro atoms. The number of anilines is 2. The first-order valence-corrected chi connectivity index (χ1v) is 6.97. The fourth-order valence-corrected chi connectivity index (χ4v) is 2.71. The molecule has 1 fully saturated rings. The molecule has 0 saturated carbocycles. The summed E-state index contributed by atoms with van der Waals surface area (Å²) in [5.41, 5.74) is 1.60. The van der Waals surface area contributed by atoms with Crippen LogP contribution in [0.15, 0.2) is 18.2 Å². The molecule has 1 aliphatic heterocycles. The number of carbonyl (C=O) groups excluding carboxylic acids is 1. The van der Waals surface area contributed by atoms with Crippen LogP contribution in [0.5, 0.6) is 0 Å². The number of benzene rings is 1. The maximum Gasteiger partial charge on any atom is 0.241 e. The van der Waals surface area contributed by atoms with Gasteiger partial charge in [0.25, 0.3) is 0 Å². The number of hydrogen-bond donors (Lipinski definition) is 2. The van der Waals surface area contributed by atoms with Crippen LogP contribution in [0.3, 0.4) is 0 Å². The van der Waals surface area contributed by atoms with Crippen molar-refractivity contribution in [1.82, 2.24) is 5.32 Å². The number of amides is 1. The molecule has 1 atom stereocenters. The molecule has 19 heavy (non-hydrogen) atoms. The monoisotopic (exact) mass is 281 g/mol. The predicted octanol–water partition coefficient (Wildman–Crippen LogP) is 2.49. The third-order valence-corrected chi connectivity index (χ3v) is 3.62. The van der Waals surface area contributed by atoms with Crippen molar-refractivity contribution in [3.63, 3.8) is 0 Å². The van der Waals surface area contributed by atoms with Crippen molar-refractivity contribution in [2.24, 2.45) is 0 Å². The van der Waals surface area contributed by atoms with Crippen molar-refractivity contribution < 1.29 is 4.79 Å². The van der Waals surface area contributed by atoms with E-state index in [1.807, 2.05) is 37.2 Å². The van der Waals surface area contributed by atoms with Gasteiger partial charge in [-0.3, -0.25) is 4.79 Å². The quantitative estimate of drug-likeness (QED) is 0.895. The average Bonchev–Trinajstić information content (AvgIpc) is 2.39. The highest BCUT2D eigenvalue weighted by Gasteiger charge is 2.21. The summed E-state index contributed by atoms with van der Waals surface area (Å²) in [7, 11) is 3.82. The Hall–Kier alpha value is -1.26. The lowest BCUT2D eigenvalue weighted by atomic mass is 10.0. The molecule has 0 aromatic heterocycles. The Morgan fingerprint density at radius 3 is 2.84 bits per heavy atom. The van der Waals surface area contributed by atoms with Gasteiger partial charge >= 0.3 is 0 Å². The van der Waals surface area contributed by atoms with Crippen LogP contribution in [0.1, 0.15) is 19.3 Å². The van der Waals surface area contributed by atoms with Crippen LogP contribution in [0.4, 0.5) is 11.4 Å². The fourth-order valence-electron chi connectivity index (χ4n) is 2.37. The van der Waals surface area contributed by atoms with Gasteiger partial charge in [0.15, 0.2) is 0 Å². The van der Waals surface area contributed by atoms with Gasteiger partial charge in [0.1, 0.15) is 0 Å². The summed E-state index contributed by atoms with van der Waals surface area (Å²) in [5, 5.41) is 6.86. The fraction of sp³-hybridized carbons (Fsp3) is 0.500. The van der Waals surface area contributed by atoms with Crippen LogP contribution in [0, 0.1) is 0 Å². The Kier molecular flexibility index (Phi) is 4.66. The normalized spacial score (nSPS) is 19.0. The van der Waals surface area contributed by atoms with E-state index in [-0.39, 0.29) is 11.9 Å². The number of nitrogens with zero attached hydrogens (tertiary/aromatic N) is 1. The van der Waals surface area contributed by atoms with E-state index in [1.54, 1.807) is 0 Å². The highest BCUT2D eigenvalue weighted by Crippen LogP contribution is 2.32. The van der Waals surface area contributed by atoms with Gasteiger partial charge in [-0.05, 0) is 31.5 Å².